The lowest BCUT2D eigenvalue weighted by Crippen LogP contribution is -2.33. The Morgan fingerprint density at radius 1 is 1.15 bits per heavy atom. The van der Waals surface area contributed by atoms with Gasteiger partial charge in [-0.1, -0.05) is 44.2 Å². The standard InChI is InChI=1S/C22H27NO3S/c1-4-26-20(24)18-16-12-8-9-13-17(16)27-19(18)23-21(25)22(2,3)14-15-10-6-5-7-11-15/h5-7,10-11H,4,8-9,12-14H2,1-3H3,(H,23,25). The van der Waals surface area contributed by atoms with Gasteiger partial charge >= 0.3 is 5.97 Å². The van der Waals surface area contributed by atoms with E-state index < -0.39 is 5.41 Å². The highest BCUT2D eigenvalue weighted by Crippen LogP contribution is 2.39. The second-order valence-electron chi connectivity index (χ2n) is 7.64. The highest BCUT2D eigenvalue weighted by atomic mass is 32.1. The van der Waals surface area contributed by atoms with E-state index in [0.717, 1.165) is 36.8 Å². The number of ether oxygens (including phenoxy) is 1. The van der Waals surface area contributed by atoms with Crippen molar-refractivity contribution in [2.24, 2.45) is 5.41 Å². The predicted molar refractivity (Wildman–Crippen MR) is 109 cm³/mol. The number of amides is 1. The van der Waals surface area contributed by atoms with Crippen molar-refractivity contribution in [1.29, 1.82) is 0 Å². The Balaban J connectivity index is 1.84. The van der Waals surface area contributed by atoms with Crippen molar-refractivity contribution in [3.05, 3.63) is 51.9 Å². The van der Waals surface area contributed by atoms with Crippen molar-refractivity contribution in [2.75, 3.05) is 11.9 Å². The average molecular weight is 386 g/mol. The van der Waals surface area contributed by atoms with Crippen LogP contribution in [-0.4, -0.2) is 18.5 Å². The zero-order valence-corrected chi connectivity index (χ0v) is 17.1. The minimum atomic E-state index is -0.586. The summed E-state index contributed by atoms with van der Waals surface area (Å²) in [5, 5.41) is 3.69. The Labute approximate surface area is 164 Å². The van der Waals surface area contributed by atoms with Gasteiger partial charge in [0.1, 0.15) is 5.00 Å². The summed E-state index contributed by atoms with van der Waals surface area (Å²) in [6, 6.07) is 10.00. The van der Waals surface area contributed by atoms with E-state index >= 15 is 0 Å². The fourth-order valence-electron chi connectivity index (χ4n) is 3.53. The summed E-state index contributed by atoms with van der Waals surface area (Å²) in [4.78, 5) is 26.8. The van der Waals surface area contributed by atoms with Crippen molar-refractivity contribution < 1.29 is 14.3 Å². The molecule has 1 aromatic carbocycles. The van der Waals surface area contributed by atoms with Gasteiger partial charge in [-0.05, 0) is 50.2 Å². The number of aryl methyl sites for hydroxylation is 1. The molecule has 1 heterocycles. The number of carbonyl (C=O) groups is 2. The lowest BCUT2D eigenvalue weighted by Gasteiger charge is -2.23. The molecule has 1 aliphatic carbocycles. The monoisotopic (exact) mass is 385 g/mol. The maximum atomic E-state index is 13.0. The first kappa shape index (κ1) is 19.6. The van der Waals surface area contributed by atoms with Crippen LogP contribution in [0.2, 0.25) is 0 Å². The van der Waals surface area contributed by atoms with Crippen LogP contribution >= 0.6 is 11.3 Å². The number of esters is 1. The third kappa shape index (κ3) is 4.41. The molecule has 1 N–H and O–H groups in total. The van der Waals surface area contributed by atoms with E-state index in [4.69, 9.17) is 4.74 Å². The Morgan fingerprint density at radius 2 is 1.85 bits per heavy atom. The Hall–Kier alpha value is -2.14. The molecule has 4 nitrogen and oxygen atoms in total. The first-order valence-electron chi connectivity index (χ1n) is 9.59. The molecule has 1 aromatic heterocycles. The smallest absolute Gasteiger partial charge is 0.341 e. The summed E-state index contributed by atoms with van der Waals surface area (Å²) < 4.78 is 5.27. The molecule has 0 fully saturated rings. The molecular weight excluding hydrogens is 358 g/mol. The van der Waals surface area contributed by atoms with E-state index in [1.54, 1.807) is 6.92 Å². The number of fused-ring (bicyclic) bond motifs is 1. The summed E-state index contributed by atoms with van der Waals surface area (Å²) in [7, 11) is 0. The quantitative estimate of drug-likeness (QED) is 0.711. The molecular formula is C22H27NO3S. The molecule has 0 radical (unpaired) electrons. The number of carbonyl (C=O) groups excluding carboxylic acids is 2. The molecule has 0 spiro atoms. The largest absolute Gasteiger partial charge is 0.462 e. The highest BCUT2D eigenvalue weighted by Gasteiger charge is 2.32. The van der Waals surface area contributed by atoms with Gasteiger partial charge in [-0.15, -0.1) is 11.3 Å². The van der Waals surface area contributed by atoms with E-state index in [1.807, 2.05) is 44.2 Å². The SMILES string of the molecule is CCOC(=O)c1c(NC(=O)C(C)(C)Cc2ccccc2)sc2c1CCCC2. The van der Waals surface area contributed by atoms with E-state index in [1.165, 1.54) is 16.2 Å². The summed E-state index contributed by atoms with van der Waals surface area (Å²) >= 11 is 1.53. The van der Waals surface area contributed by atoms with E-state index in [-0.39, 0.29) is 11.9 Å². The number of nitrogens with one attached hydrogen (secondary N) is 1. The first-order valence-corrected chi connectivity index (χ1v) is 10.4. The van der Waals surface area contributed by atoms with Crippen molar-refractivity contribution >= 4 is 28.2 Å². The highest BCUT2D eigenvalue weighted by molar-refractivity contribution is 7.17. The molecule has 1 aliphatic rings. The molecule has 0 saturated heterocycles. The van der Waals surface area contributed by atoms with Gasteiger partial charge in [-0.25, -0.2) is 4.79 Å². The number of anilines is 1. The molecule has 1 amide bonds. The zero-order valence-electron chi connectivity index (χ0n) is 16.3. The fourth-order valence-corrected chi connectivity index (χ4v) is 4.80. The van der Waals surface area contributed by atoms with Crippen molar-refractivity contribution in [3.8, 4) is 0 Å². The predicted octanol–water partition coefficient (Wildman–Crippen LogP) is 5.01. The maximum Gasteiger partial charge on any atom is 0.341 e. The number of hydrogen-bond acceptors (Lipinski definition) is 4. The fraction of sp³-hybridized carbons (Fsp3) is 0.455. The van der Waals surface area contributed by atoms with Crippen molar-refractivity contribution in [1.82, 2.24) is 0 Å². The van der Waals surface area contributed by atoms with Crippen LogP contribution in [0.25, 0.3) is 0 Å². The molecule has 0 unspecified atom stereocenters. The molecule has 0 saturated carbocycles. The first-order chi connectivity index (χ1) is 12.9. The maximum absolute atomic E-state index is 13.0. The van der Waals surface area contributed by atoms with Crippen LogP contribution < -0.4 is 5.32 Å². The van der Waals surface area contributed by atoms with Crippen molar-refractivity contribution in [2.45, 2.75) is 52.9 Å². The van der Waals surface area contributed by atoms with Gasteiger partial charge in [0.2, 0.25) is 5.91 Å². The van der Waals surface area contributed by atoms with E-state index in [9.17, 15) is 9.59 Å². The molecule has 2 aromatic rings. The summed E-state index contributed by atoms with van der Waals surface area (Å²) in [5.74, 6) is -0.399. The minimum absolute atomic E-state index is 0.0736. The lowest BCUT2D eigenvalue weighted by atomic mass is 9.85. The molecule has 27 heavy (non-hydrogen) atoms. The van der Waals surface area contributed by atoms with Crippen LogP contribution in [0.1, 0.15) is 60.0 Å². The van der Waals surface area contributed by atoms with Gasteiger partial charge in [0, 0.05) is 10.3 Å². The van der Waals surface area contributed by atoms with Crippen molar-refractivity contribution in [3.63, 3.8) is 0 Å². The summed E-state index contributed by atoms with van der Waals surface area (Å²) in [5.41, 5.74) is 2.17. The van der Waals surface area contributed by atoms with Crippen LogP contribution in [0.5, 0.6) is 0 Å². The number of benzene rings is 1. The number of hydrogen-bond donors (Lipinski definition) is 1. The van der Waals surface area contributed by atoms with Gasteiger partial charge in [0.25, 0.3) is 0 Å². The van der Waals surface area contributed by atoms with Gasteiger partial charge < -0.3 is 10.1 Å². The van der Waals surface area contributed by atoms with Gasteiger partial charge in [0.05, 0.1) is 12.2 Å². The molecule has 5 heteroatoms. The summed E-state index contributed by atoms with van der Waals surface area (Å²) in [6.07, 6.45) is 4.68. The van der Waals surface area contributed by atoms with Crippen LogP contribution in [0, 0.1) is 5.41 Å². The van der Waals surface area contributed by atoms with Crippen LogP contribution in [0.3, 0.4) is 0 Å². The average Bonchev–Trinajstić information content (AvgIpc) is 3.00. The Morgan fingerprint density at radius 3 is 2.56 bits per heavy atom. The molecule has 0 atom stereocenters. The van der Waals surface area contributed by atoms with Crippen LogP contribution in [-0.2, 0) is 28.8 Å². The Bertz CT molecular complexity index is 824. The zero-order chi connectivity index (χ0) is 19.4. The van der Waals surface area contributed by atoms with E-state index in [0.29, 0.717) is 23.6 Å². The third-order valence-corrected chi connectivity index (χ3v) is 6.19. The lowest BCUT2D eigenvalue weighted by molar-refractivity contribution is -0.123. The topological polar surface area (TPSA) is 55.4 Å². The van der Waals surface area contributed by atoms with Crippen LogP contribution in [0.4, 0.5) is 5.00 Å². The second-order valence-corrected chi connectivity index (χ2v) is 8.74. The molecule has 144 valence electrons. The third-order valence-electron chi connectivity index (χ3n) is 4.98. The molecule has 0 aliphatic heterocycles. The Kier molecular flexibility index (Phi) is 6.00. The second kappa shape index (κ2) is 8.26. The van der Waals surface area contributed by atoms with Gasteiger partial charge in [-0.2, -0.15) is 0 Å². The van der Waals surface area contributed by atoms with E-state index in [2.05, 4.69) is 5.32 Å². The summed E-state index contributed by atoms with van der Waals surface area (Å²) in [6.45, 7) is 6.01. The van der Waals surface area contributed by atoms with Gasteiger partial charge in [0.15, 0.2) is 0 Å². The molecule has 3 rings (SSSR count). The number of thiophene rings is 1. The normalized spacial score (nSPS) is 13.7. The molecule has 0 bridgehead atoms. The van der Waals surface area contributed by atoms with Crippen LogP contribution in [0.15, 0.2) is 30.3 Å². The number of rotatable bonds is 6. The van der Waals surface area contributed by atoms with Gasteiger partial charge in [-0.3, -0.25) is 4.79 Å². The minimum Gasteiger partial charge on any atom is -0.462 e.